The van der Waals surface area contributed by atoms with Gasteiger partial charge >= 0.3 is 0 Å². The smallest absolute Gasteiger partial charge is 0.145 e. The lowest BCUT2D eigenvalue weighted by Gasteiger charge is -2.26. The minimum Gasteiger partial charge on any atom is -0.360 e. The Kier molecular flexibility index (Phi) is 8.07. The van der Waals surface area contributed by atoms with E-state index in [9.17, 15) is 0 Å². The van der Waals surface area contributed by atoms with Crippen molar-refractivity contribution in [2.75, 3.05) is 0 Å². The lowest BCUT2D eigenvalue weighted by Crippen LogP contribution is -2.25. The summed E-state index contributed by atoms with van der Waals surface area (Å²) in [6.07, 6.45) is 10.1. The van der Waals surface area contributed by atoms with Crippen LogP contribution in [-0.2, 0) is 5.41 Å². The maximum Gasteiger partial charge on any atom is 0.145 e. The van der Waals surface area contributed by atoms with Crippen molar-refractivity contribution < 1.29 is 0 Å². The first-order valence-corrected chi connectivity index (χ1v) is 19.4. The van der Waals surface area contributed by atoms with Gasteiger partial charge in [0.25, 0.3) is 0 Å². The Hall–Kier alpha value is -6.51. The maximum absolute atomic E-state index is 5.23. The molecule has 3 aliphatic rings. The Morgan fingerprint density at radius 3 is 2.04 bits per heavy atom. The summed E-state index contributed by atoms with van der Waals surface area (Å²) in [7, 11) is 0. The molecule has 0 bridgehead atoms. The van der Waals surface area contributed by atoms with Crippen LogP contribution in [0.3, 0.4) is 0 Å². The number of allylic oxidation sites excluding steroid dienone is 5. The van der Waals surface area contributed by atoms with Gasteiger partial charge in [-0.3, -0.25) is 4.99 Å². The number of benzene rings is 7. The number of hydrogen-bond donors (Lipinski definition) is 1. The number of nitrogens with one attached hydrogen (secondary N) is 1. The first-order valence-electron chi connectivity index (χ1n) is 19.4. The van der Waals surface area contributed by atoms with Crippen molar-refractivity contribution in [3.05, 3.63) is 227 Å². The van der Waals surface area contributed by atoms with Gasteiger partial charge in [-0.15, -0.1) is 0 Å². The van der Waals surface area contributed by atoms with E-state index in [1.54, 1.807) is 0 Å². The molecule has 264 valence electrons. The van der Waals surface area contributed by atoms with Crippen molar-refractivity contribution >= 4 is 27.8 Å². The highest BCUT2D eigenvalue weighted by Gasteiger charge is 2.39. The van der Waals surface area contributed by atoms with Crippen LogP contribution >= 0.6 is 0 Å². The molecule has 7 aromatic carbocycles. The maximum atomic E-state index is 5.23. The Bertz CT molecular complexity index is 2710. The predicted octanol–water partition coefficient (Wildman–Crippen LogP) is 13.1. The fourth-order valence-corrected chi connectivity index (χ4v) is 9.00. The zero-order valence-corrected chi connectivity index (χ0v) is 31.2. The third-order valence-electron chi connectivity index (χ3n) is 11.8. The predicted molar refractivity (Wildman–Crippen MR) is 231 cm³/mol. The van der Waals surface area contributed by atoms with E-state index in [0.29, 0.717) is 5.92 Å². The van der Waals surface area contributed by atoms with Gasteiger partial charge in [0, 0.05) is 17.0 Å². The molecule has 7 aromatic rings. The summed E-state index contributed by atoms with van der Waals surface area (Å²) < 4.78 is 0. The van der Waals surface area contributed by atoms with Crippen LogP contribution in [0.2, 0.25) is 0 Å². The first-order chi connectivity index (χ1) is 27.0. The van der Waals surface area contributed by atoms with Crippen LogP contribution in [0.4, 0.5) is 0 Å². The number of nitrogens with zero attached hydrogens (tertiary/aromatic N) is 1. The number of hydrogen-bond acceptors (Lipinski definition) is 2. The Morgan fingerprint density at radius 1 is 0.600 bits per heavy atom. The van der Waals surface area contributed by atoms with Crippen molar-refractivity contribution in [1.82, 2.24) is 5.32 Å². The lowest BCUT2D eigenvalue weighted by atomic mass is 9.78. The third kappa shape index (κ3) is 5.86. The largest absolute Gasteiger partial charge is 0.360 e. The quantitative estimate of drug-likeness (QED) is 0.183. The van der Waals surface area contributed by atoms with E-state index in [1.807, 2.05) is 0 Å². The van der Waals surface area contributed by atoms with Crippen molar-refractivity contribution in [3.8, 4) is 22.3 Å². The summed E-state index contributed by atoms with van der Waals surface area (Å²) in [4.78, 5) is 5.23. The molecular weight excluding hydrogens is 665 g/mol. The van der Waals surface area contributed by atoms with Gasteiger partial charge in [0.2, 0.25) is 0 Å². The van der Waals surface area contributed by atoms with E-state index in [0.717, 1.165) is 29.0 Å². The number of fused-ring (bicyclic) bond motifs is 5. The molecule has 1 N–H and O–H groups in total. The van der Waals surface area contributed by atoms with Gasteiger partial charge < -0.3 is 5.32 Å². The van der Waals surface area contributed by atoms with Gasteiger partial charge in [-0.05, 0) is 102 Å². The molecule has 55 heavy (non-hydrogen) atoms. The average molecular weight is 707 g/mol. The Labute approximate surface area is 324 Å². The van der Waals surface area contributed by atoms with Crippen LogP contribution in [0.1, 0.15) is 71.3 Å². The molecule has 0 fully saturated rings. The molecule has 2 nitrogen and oxygen atoms in total. The van der Waals surface area contributed by atoms with Gasteiger partial charge in [-0.1, -0.05) is 184 Å². The van der Waals surface area contributed by atoms with Crippen molar-refractivity contribution in [2.45, 2.75) is 37.8 Å². The molecule has 2 heteroatoms. The van der Waals surface area contributed by atoms with E-state index in [4.69, 9.17) is 4.99 Å². The molecule has 0 radical (unpaired) electrons. The van der Waals surface area contributed by atoms with Gasteiger partial charge in [-0.2, -0.15) is 0 Å². The molecule has 0 saturated heterocycles. The van der Waals surface area contributed by atoms with Crippen LogP contribution in [0, 0.1) is 0 Å². The van der Waals surface area contributed by atoms with E-state index in [-0.39, 0.29) is 11.6 Å². The second-order valence-corrected chi connectivity index (χ2v) is 15.5. The van der Waals surface area contributed by atoms with Crippen LogP contribution in [0.25, 0.3) is 44.3 Å². The van der Waals surface area contributed by atoms with Gasteiger partial charge in [0.15, 0.2) is 0 Å². The Balaban J connectivity index is 0.948. The lowest BCUT2D eigenvalue weighted by molar-refractivity contribution is 0.661. The SMILES string of the molecule is CC1(C)c2cc(C3=CCC(c4cccc(C5N=C(c6ccccc6)C=C(c6ccccc6)N5)c4)C=C3)ccc2-c2c(-c3ccccc3)cc3ccccc3c21. The molecule has 2 aliphatic carbocycles. The van der Waals surface area contributed by atoms with Gasteiger partial charge in [-0.25, -0.2) is 0 Å². The van der Waals surface area contributed by atoms with Crippen LogP contribution in [-0.4, -0.2) is 5.71 Å². The van der Waals surface area contributed by atoms with E-state index >= 15 is 0 Å². The summed E-state index contributed by atoms with van der Waals surface area (Å²) in [6, 6.07) is 59.4. The fraction of sp³-hybridized carbons (Fsp3) is 0.113. The highest BCUT2D eigenvalue weighted by atomic mass is 15.1. The fourth-order valence-electron chi connectivity index (χ4n) is 9.00. The molecule has 1 aliphatic heterocycles. The van der Waals surface area contributed by atoms with Crippen molar-refractivity contribution in [2.24, 2.45) is 4.99 Å². The van der Waals surface area contributed by atoms with Crippen LogP contribution in [0.15, 0.2) is 193 Å². The molecule has 0 amide bonds. The van der Waals surface area contributed by atoms with E-state index in [2.05, 4.69) is 207 Å². The zero-order chi connectivity index (χ0) is 36.9. The normalized spacial score (nSPS) is 18.1. The van der Waals surface area contributed by atoms with E-state index < -0.39 is 0 Å². The standard InChI is InChI=1S/C53H42N2/c1-53(2)47-33-41(29-30-45(47)50-46(37-15-6-3-7-16-37)32-42-21-12-13-24-44(42)51(50)53)36-27-25-35(26-28-36)40-22-14-23-43(31-40)52-54-48(38-17-8-4-9-18-38)34-49(55-52)39-19-10-5-11-20-39/h3-25,27-35,52,54H,26H2,1-2H3. The van der Waals surface area contributed by atoms with Gasteiger partial charge in [0.1, 0.15) is 6.17 Å². The van der Waals surface area contributed by atoms with Crippen molar-refractivity contribution in [1.29, 1.82) is 0 Å². The van der Waals surface area contributed by atoms with Crippen molar-refractivity contribution in [3.63, 3.8) is 0 Å². The summed E-state index contributed by atoms with van der Waals surface area (Å²) in [6.45, 7) is 4.81. The average Bonchev–Trinajstić information content (AvgIpc) is 3.50. The van der Waals surface area contributed by atoms with Gasteiger partial charge in [0.05, 0.1) is 5.71 Å². The summed E-state index contributed by atoms with van der Waals surface area (Å²) in [5.41, 5.74) is 17.4. The second-order valence-electron chi connectivity index (χ2n) is 15.5. The minimum atomic E-state index is -0.188. The molecule has 0 spiro atoms. The molecule has 0 aromatic heterocycles. The minimum absolute atomic E-state index is 0.140. The third-order valence-corrected chi connectivity index (χ3v) is 11.8. The molecule has 2 unspecified atom stereocenters. The summed E-state index contributed by atoms with van der Waals surface area (Å²) in [5.74, 6) is 0.295. The molecule has 10 rings (SSSR count). The summed E-state index contributed by atoms with van der Waals surface area (Å²) >= 11 is 0. The zero-order valence-electron chi connectivity index (χ0n) is 31.2. The highest BCUT2D eigenvalue weighted by molar-refractivity contribution is 6.13. The second kappa shape index (κ2) is 13.4. The topological polar surface area (TPSA) is 24.4 Å². The molecule has 1 heterocycles. The van der Waals surface area contributed by atoms with E-state index in [1.165, 1.54) is 66.4 Å². The summed E-state index contributed by atoms with van der Waals surface area (Å²) in [5, 5.41) is 6.39. The van der Waals surface area contributed by atoms with Crippen LogP contribution < -0.4 is 5.32 Å². The highest BCUT2D eigenvalue weighted by Crippen LogP contribution is 2.55. The van der Waals surface area contributed by atoms with Crippen LogP contribution in [0.5, 0.6) is 0 Å². The monoisotopic (exact) mass is 706 g/mol. The Morgan fingerprint density at radius 2 is 1.29 bits per heavy atom. The first kappa shape index (κ1) is 33.1. The number of rotatable bonds is 6. The molecule has 0 saturated carbocycles. The molecular formula is C53H42N2. The molecule has 2 atom stereocenters. The number of aliphatic imine (C=N–C) groups is 1.